The maximum Gasteiger partial charge on any atom is 0.494 e. The second kappa shape index (κ2) is 23.3. The molecule has 14 aromatic carbocycles. The van der Waals surface area contributed by atoms with Crippen LogP contribution in [0.3, 0.4) is 0 Å². The highest BCUT2D eigenvalue weighted by Gasteiger charge is 2.51. The average molecular weight is 1220 g/mol. The van der Waals surface area contributed by atoms with Crippen LogP contribution in [-0.4, -0.2) is 18.3 Å². The molecular formula is C82H61BBrFO4. The monoisotopic (exact) mass is 1220 g/mol. The van der Waals surface area contributed by atoms with E-state index in [0.29, 0.717) is 0 Å². The summed E-state index contributed by atoms with van der Waals surface area (Å²) in [5, 5.41) is 14.6. The van der Waals surface area contributed by atoms with Crippen molar-refractivity contribution in [2.24, 2.45) is 0 Å². The van der Waals surface area contributed by atoms with Crippen LogP contribution in [0.25, 0.3) is 143 Å². The summed E-state index contributed by atoms with van der Waals surface area (Å²) in [5.41, 5.74) is 16.3. The second-order valence-corrected chi connectivity index (χ2v) is 24.6. The minimum atomic E-state index is -0.403. The zero-order valence-electron chi connectivity index (χ0n) is 49.7. The van der Waals surface area contributed by atoms with E-state index in [1.54, 1.807) is 0 Å². The van der Waals surface area contributed by atoms with Gasteiger partial charge < -0.3 is 18.1 Å². The quantitative estimate of drug-likeness (QED) is 0.123. The van der Waals surface area contributed by atoms with Crippen molar-refractivity contribution in [3.05, 3.63) is 296 Å². The fourth-order valence-corrected chi connectivity index (χ4v) is 13.6. The lowest BCUT2D eigenvalue weighted by Gasteiger charge is -2.32. The normalized spacial score (nSPS) is 13.4. The fourth-order valence-electron chi connectivity index (χ4n) is 13.1. The van der Waals surface area contributed by atoms with Gasteiger partial charge in [0.05, 0.1) is 11.2 Å². The number of para-hydroxylation sites is 2. The molecule has 0 N–H and O–H groups in total. The van der Waals surface area contributed by atoms with Gasteiger partial charge in [0.15, 0.2) is 0 Å². The van der Waals surface area contributed by atoms with Crippen LogP contribution in [0.5, 0.6) is 0 Å². The predicted molar refractivity (Wildman–Crippen MR) is 377 cm³/mol. The van der Waals surface area contributed by atoms with Gasteiger partial charge in [-0.05, 0) is 168 Å². The Bertz CT molecular complexity index is 5280. The smallest absolute Gasteiger partial charge is 0.456 e. The Kier molecular flexibility index (Phi) is 14.9. The first kappa shape index (κ1) is 56.9. The van der Waals surface area contributed by atoms with E-state index in [1.807, 2.05) is 48.5 Å². The van der Waals surface area contributed by atoms with Gasteiger partial charge in [-0.1, -0.05) is 271 Å². The maximum absolute atomic E-state index is 6.42. The largest absolute Gasteiger partial charge is 0.494 e. The highest BCUT2D eigenvalue weighted by Crippen LogP contribution is 2.48. The molecule has 1 aliphatic heterocycles. The van der Waals surface area contributed by atoms with Gasteiger partial charge in [-0.15, -0.1) is 0 Å². The van der Waals surface area contributed by atoms with E-state index in [2.05, 4.69) is 286 Å². The number of furan rings is 2. The molecule has 1 saturated heterocycles. The van der Waals surface area contributed by atoms with Crippen LogP contribution < -0.4 is 5.46 Å². The molecule has 4 nitrogen and oxygen atoms in total. The molecule has 3 heterocycles. The van der Waals surface area contributed by atoms with Crippen LogP contribution in [0.4, 0.5) is 4.70 Å². The molecule has 0 atom stereocenters. The summed E-state index contributed by atoms with van der Waals surface area (Å²) in [4.78, 5) is 0. The van der Waals surface area contributed by atoms with Crippen LogP contribution in [0.15, 0.2) is 304 Å². The lowest BCUT2D eigenvalue weighted by molar-refractivity contribution is 0.00578. The molecule has 17 rings (SSSR count). The molecule has 1 aliphatic rings. The van der Waals surface area contributed by atoms with E-state index < -0.39 is 7.12 Å². The van der Waals surface area contributed by atoms with E-state index in [4.69, 9.17) is 18.1 Å². The van der Waals surface area contributed by atoms with Crippen molar-refractivity contribution < 1.29 is 22.8 Å². The standard InChI is InChI=1S/C38H24O.C32H29BO2.C12H7BrO.FH/c1-3-12-25(13-4-1)36-29-16-7-8-17-30(29)37(26-14-5-2-6-15-26)33-24-27(22-23-31(33)36)28-19-11-21-35-38(28)32-18-9-10-20-34(32)39-35;1-31(2)32(3,4)35-33(34-31)24-19-20-27-28(21-24)30(23-15-9-6-10-16-23)26-18-12-11-17-25(26)29(27)22-13-7-5-8-14-22;13-9-5-3-7-11-12(9)8-4-1-2-6-10(8)14-11;/h1-24H;5-21H,1-4H3;1-7H;1H. The Hall–Kier alpha value is -9.89. The Morgan fingerprint density at radius 2 is 0.618 bits per heavy atom. The number of hydrogen-bond donors (Lipinski definition) is 0. The first-order valence-corrected chi connectivity index (χ1v) is 30.9. The van der Waals surface area contributed by atoms with E-state index in [0.717, 1.165) is 53.8 Å². The van der Waals surface area contributed by atoms with Gasteiger partial charge in [0.25, 0.3) is 0 Å². The van der Waals surface area contributed by atoms with Crippen molar-refractivity contribution in [2.75, 3.05) is 0 Å². The molecule has 2 aromatic heterocycles. The molecule has 0 saturated carbocycles. The molecule has 430 valence electrons. The summed E-state index contributed by atoms with van der Waals surface area (Å²) < 4.78 is 25.9. The molecule has 1 fully saturated rings. The molecule has 89 heavy (non-hydrogen) atoms. The highest BCUT2D eigenvalue weighted by atomic mass is 79.9. The van der Waals surface area contributed by atoms with Gasteiger partial charge >= 0.3 is 7.12 Å². The maximum atomic E-state index is 6.42. The van der Waals surface area contributed by atoms with Crippen molar-refractivity contribution in [3.8, 4) is 55.6 Å². The van der Waals surface area contributed by atoms with Gasteiger partial charge in [-0.25, -0.2) is 0 Å². The average Bonchev–Trinajstić information content (AvgIpc) is 1.49. The lowest BCUT2D eigenvalue weighted by Crippen LogP contribution is -2.41. The van der Waals surface area contributed by atoms with Crippen molar-refractivity contribution in [1.29, 1.82) is 0 Å². The van der Waals surface area contributed by atoms with Crippen LogP contribution in [0, 0.1) is 0 Å². The van der Waals surface area contributed by atoms with E-state index in [9.17, 15) is 0 Å². The molecule has 0 aliphatic carbocycles. The third-order valence-corrected chi connectivity index (χ3v) is 18.6. The second-order valence-electron chi connectivity index (χ2n) is 23.7. The summed E-state index contributed by atoms with van der Waals surface area (Å²) in [7, 11) is -0.403. The fraction of sp³-hybridized carbons (Fsp3) is 0.0732. The van der Waals surface area contributed by atoms with Crippen LogP contribution >= 0.6 is 15.9 Å². The van der Waals surface area contributed by atoms with Gasteiger partial charge in [-0.3, -0.25) is 4.70 Å². The topological polar surface area (TPSA) is 44.7 Å². The first-order valence-electron chi connectivity index (χ1n) is 30.1. The van der Waals surface area contributed by atoms with Crippen molar-refractivity contribution >= 4 is 115 Å². The number of halogens is 2. The Morgan fingerprint density at radius 3 is 1.08 bits per heavy atom. The first-order chi connectivity index (χ1) is 43.1. The molecule has 0 spiro atoms. The Balaban J connectivity index is 0.000000127. The number of rotatable bonds is 6. The molecular weight excluding hydrogens is 1160 g/mol. The van der Waals surface area contributed by atoms with Gasteiger partial charge in [0.1, 0.15) is 22.3 Å². The summed E-state index contributed by atoms with van der Waals surface area (Å²) >= 11 is 3.54. The minimum Gasteiger partial charge on any atom is -0.456 e. The van der Waals surface area contributed by atoms with E-state index >= 15 is 0 Å². The molecule has 0 radical (unpaired) electrons. The Labute approximate surface area is 525 Å². The third kappa shape index (κ3) is 10.2. The van der Waals surface area contributed by atoms with E-state index in [1.165, 1.54) is 98.7 Å². The lowest BCUT2D eigenvalue weighted by atomic mass is 9.76. The summed E-state index contributed by atoms with van der Waals surface area (Å²) in [6, 6.07) is 103. The predicted octanol–water partition coefficient (Wildman–Crippen LogP) is 23.0. The third-order valence-electron chi connectivity index (χ3n) is 17.9. The van der Waals surface area contributed by atoms with Crippen molar-refractivity contribution in [2.45, 2.75) is 38.9 Å². The molecule has 16 aromatic rings. The van der Waals surface area contributed by atoms with Gasteiger partial charge in [-0.2, -0.15) is 0 Å². The summed E-state index contributed by atoms with van der Waals surface area (Å²) in [6.07, 6.45) is 0. The number of fused-ring (bicyclic) bond motifs is 10. The summed E-state index contributed by atoms with van der Waals surface area (Å²) in [6.45, 7) is 8.41. The minimum absolute atomic E-state index is 0. The van der Waals surface area contributed by atoms with Crippen molar-refractivity contribution in [3.63, 3.8) is 0 Å². The van der Waals surface area contributed by atoms with Crippen molar-refractivity contribution in [1.82, 2.24) is 0 Å². The molecule has 7 heteroatoms. The van der Waals surface area contributed by atoms with Crippen LogP contribution in [-0.2, 0) is 9.31 Å². The number of hydrogen-bond acceptors (Lipinski definition) is 4. The SMILES string of the molecule is Brc1cccc2oc3ccccc3c12.CC1(C)OB(c2ccc3c(-c4ccccc4)c4ccccc4c(-c4ccccc4)c3c2)OC1(C)C.F.c1ccc(-c2c3ccccc3c(-c3ccccc3)c3cc(-c4cccc5oc6ccccc6c45)ccc23)cc1. The van der Waals surface area contributed by atoms with Crippen LogP contribution in [0.2, 0.25) is 0 Å². The molecule has 0 unspecified atom stereocenters. The number of benzene rings is 14. The summed E-state index contributed by atoms with van der Waals surface area (Å²) in [5.74, 6) is 0. The molecule has 0 bridgehead atoms. The zero-order valence-corrected chi connectivity index (χ0v) is 51.3. The highest BCUT2D eigenvalue weighted by molar-refractivity contribution is 9.10. The Morgan fingerprint density at radius 1 is 0.281 bits per heavy atom. The van der Waals surface area contributed by atoms with Gasteiger partial charge in [0.2, 0.25) is 0 Å². The van der Waals surface area contributed by atoms with Gasteiger partial charge in [0, 0.05) is 26.0 Å². The van der Waals surface area contributed by atoms with Crippen LogP contribution in [0.1, 0.15) is 27.7 Å². The van der Waals surface area contributed by atoms with E-state index in [-0.39, 0.29) is 15.9 Å². The molecule has 0 amide bonds. The zero-order chi connectivity index (χ0) is 59.5.